The zero-order valence-corrected chi connectivity index (χ0v) is 13.9. The van der Waals surface area contributed by atoms with E-state index < -0.39 is 0 Å². The Bertz CT molecular complexity index is 593. The smallest absolute Gasteiger partial charge is 0.225 e. The maximum Gasteiger partial charge on any atom is 0.225 e. The summed E-state index contributed by atoms with van der Waals surface area (Å²) in [5.41, 5.74) is 0. The van der Waals surface area contributed by atoms with Gasteiger partial charge in [-0.1, -0.05) is 6.92 Å². The fourth-order valence-electron chi connectivity index (χ4n) is 2.45. The molecule has 20 heavy (non-hydrogen) atoms. The van der Waals surface area contributed by atoms with Crippen LogP contribution in [0.4, 0.5) is 5.82 Å². The third kappa shape index (κ3) is 3.21. The van der Waals surface area contributed by atoms with Crippen molar-refractivity contribution in [3.8, 4) is 0 Å². The van der Waals surface area contributed by atoms with Gasteiger partial charge in [0.1, 0.15) is 10.6 Å². The van der Waals surface area contributed by atoms with Crippen LogP contribution >= 0.6 is 34.7 Å². The molecule has 0 aliphatic carbocycles. The van der Waals surface area contributed by atoms with E-state index in [4.69, 9.17) is 11.6 Å². The molecule has 0 radical (unpaired) electrons. The molecule has 0 bridgehead atoms. The Morgan fingerprint density at radius 1 is 1.35 bits per heavy atom. The SMILES string of the molecule is CCc1cc2c(NCC3CCSCC3)nc(Cl)nc2s1. The number of thiophene rings is 1. The fraction of sp³-hybridized carbons (Fsp3) is 0.571. The molecular weight excluding hydrogens is 310 g/mol. The number of hydrogen-bond acceptors (Lipinski definition) is 5. The standard InChI is InChI=1S/C14H18ClN3S2/c1-2-10-7-11-12(17-14(15)18-13(11)20-10)16-8-9-3-5-19-6-4-9/h7,9H,2-6,8H2,1H3,(H,16,17,18). The van der Waals surface area contributed by atoms with Crippen molar-refractivity contribution in [3.05, 3.63) is 16.2 Å². The Morgan fingerprint density at radius 3 is 2.90 bits per heavy atom. The van der Waals surface area contributed by atoms with Crippen LogP contribution < -0.4 is 5.32 Å². The Kier molecular flexibility index (Phi) is 4.68. The molecule has 2 aromatic heterocycles. The third-order valence-corrected chi connectivity index (χ3v) is 6.06. The van der Waals surface area contributed by atoms with Gasteiger partial charge in [-0.2, -0.15) is 11.8 Å². The number of anilines is 1. The molecule has 1 aliphatic heterocycles. The van der Waals surface area contributed by atoms with Crippen LogP contribution in [0.3, 0.4) is 0 Å². The normalized spacial score (nSPS) is 16.7. The first-order valence-corrected chi connectivity index (χ1v) is 9.38. The van der Waals surface area contributed by atoms with Gasteiger partial charge in [0.05, 0.1) is 5.39 Å². The maximum absolute atomic E-state index is 6.04. The van der Waals surface area contributed by atoms with Gasteiger partial charge >= 0.3 is 0 Å². The van der Waals surface area contributed by atoms with Gasteiger partial charge in [0.2, 0.25) is 5.28 Å². The molecule has 6 heteroatoms. The number of fused-ring (bicyclic) bond motifs is 1. The van der Waals surface area contributed by atoms with E-state index in [-0.39, 0.29) is 0 Å². The van der Waals surface area contributed by atoms with Crippen LogP contribution in [0.15, 0.2) is 6.07 Å². The molecule has 3 heterocycles. The molecule has 0 spiro atoms. The molecule has 0 saturated carbocycles. The Balaban J connectivity index is 1.80. The summed E-state index contributed by atoms with van der Waals surface area (Å²) in [7, 11) is 0. The molecule has 0 aromatic carbocycles. The predicted molar refractivity (Wildman–Crippen MR) is 90.3 cm³/mol. The van der Waals surface area contributed by atoms with Crippen molar-refractivity contribution in [2.75, 3.05) is 23.4 Å². The lowest BCUT2D eigenvalue weighted by Gasteiger charge is -2.21. The average molecular weight is 328 g/mol. The van der Waals surface area contributed by atoms with Crippen LogP contribution in [-0.4, -0.2) is 28.0 Å². The van der Waals surface area contributed by atoms with Gasteiger partial charge in [-0.15, -0.1) is 11.3 Å². The minimum absolute atomic E-state index is 0.337. The molecule has 3 nitrogen and oxygen atoms in total. The number of nitrogens with one attached hydrogen (secondary N) is 1. The van der Waals surface area contributed by atoms with Crippen LogP contribution in [0.1, 0.15) is 24.6 Å². The highest BCUT2D eigenvalue weighted by Gasteiger charge is 2.15. The number of hydrogen-bond donors (Lipinski definition) is 1. The van der Waals surface area contributed by atoms with Crippen molar-refractivity contribution >= 4 is 50.7 Å². The molecule has 1 saturated heterocycles. The van der Waals surface area contributed by atoms with Crippen molar-refractivity contribution < 1.29 is 0 Å². The van der Waals surface area contributed by atoms with Crippen LogP contribution in [0.5, 0.6) is 0 Å². The Labute approximate surface area is 132 Å². The first-order valence-electron chi connectivity index (χ1n) is 7.04. The lowest BCUT2D eigenvalue weighted by atomic mass is 10.0. The van der Waals surface area contributed by atoms with Crippen LogP contribution in [0, 0.1) is 5.92 Å². The number of thioether (sulfide) groups is 1. The average Bonchev–Trinajstić information content (AvgIpc) is 2.88. The van der Waals surface area contributed by atoms with E-state index in [1.165, 1.54) is 29.2 Å². The molecule has 1 aliphatic rings. The minimum Gasteiger partial charge on any atom is -0.369 e. The van der Waals surface area contributed by atoms with Crippen molar-refractivity contribution in [3.63, 3.8) is 0 Å². The molecule has 1 fully saturated rings. The first-order chi connectivity index (χ1) is 9.76. The molecule has 0 atom stereocenters. The lowest BCUT2D eigenvalue weighted by Crippen LogP contribution is -2.19. The van der Waals surface area contributed by atoms with E-state index in [0.29, 0.717) is 5.28 Å². The quantitative estimate of drug-likeness (QED) is 0.841. The van der Waals surface area contributed by atoms with Crippen molar-refractivity contribution in [2.45, 2.75) is 26.2 Å². The summed E-state index contributed by atoms with van der Waals surface area (Å²) in [6.45, 7) is 3.15. The van der Waals surface area contributed by atoms with Crippen LogP contribution in [-0.2, 0) is 6.42 Å². The number of aryl methyl sites for hydroxylation is 1. The van der Waals surface area contributed by atoms with Gasteiger partial charge < -0.3 is 5.32 Å². The minimum atomic E-state index is 0.337. The van der Waals surface area contributed by atoms with Gasteiger partial charge in [-0.05, 0) is 54.4 Å². The molecule has 108 valence electrons. The summed E-state index contributed by atoms with van der Waals surface area (Å²) in [4.78, 5) is 11.0. The van der Waals surface area contributed by atoms with E-state index in [2.05, 4.69) is 40.0 Å². The molecular formula is C14H18ClN3S2. The summed E-state index contributed by atoms with van der Waals surface area (Å²) in [5, 5.41) is 4.95. The van der Waals surface area contributed by atoms with E-state index in [1.807, 2.05) is 0 Å². The van der Waals surface area contributed by atoms with E-state index in [9.17, 15) is 0 Å². The van der Waals surface area contributed by atoms with Gasteiger partial charge in [-0.25, -0.2) is 9.97 Å². The topological polar surface area (TPSA) is 37.8 Å². The van der Waals surface area contributed by atoms with Gasteiger partial charge in [-0.3, -0.25) is 0 Å². The molecule has 0 amide bonds. The monoisotopic (exact) mass is 327 g/mol. The highest BCUT2D eigenvalue weighted by molar-refractivity contribution is 7.99. The Hall–Kier alpha value is -0.520. The number of rotatable bonds is 4. The fourth-order valence-corrected chi connectivity index (χ4v) is 4.84. The largest absolute Gasteiger partial charge is 0.369 e. The highest BCUT2D eigenvalue weighted by atomic mass is 35.5. The summed E-state index contributed by atoms with van der Waals surface area (Å²) < 4.78 is 0. The van der Waals surface area contributed by atoms with Crippen molar-refractivity contribution in [1.29, 1.82) is 0 Å². The van der Waals surface area contributed by atoms with E-state index in [0.717, 1.165) is 34.9 Å². The summed E-state index contributed by atoms with van der Waals surface area (Å²) in [6, 6.07) is 2.19. The zero-order chi connectivity index (χ0) is 13.9. The second-order valence-electron chi connectivity index (χ2n) is 5.06. The second-order valence-corrected chi connectivity index (χ2v) is 7.74. The van der Waals surface area contributed by atoms with E-state index >= 15 is 0 Å². The highest BCUT2D eigenvalue weighted by Crippen LogP contribution is 2.31. The first kappa shape index (κ1) is 14.4. The van der Waals surface area contributed by atoms with Crippen molar-refractivity contribution in [1.82, 2.24) is 9.97 Å². The summed E-state index contributed by atoms with van der Waals surface area (Å²) in [6.07, 6.45) is 3.62. The van der Waals surface area contributed by atoms with Gasteiger partial charge in [0.25, 0.3) is 0 Å². The third-order valence-electron chi connectivity index (χ3n) is 3.66. The summed E-state index contributed by atoms with van der Waals surface area (Å²) >= 11 is 9.81. The Morgan fingerprint density at radius 2 is 2.15 bits per heavy atom. The van der Waals surface area contributed by atoms with Gasteiger partial charge in [0.15, 0.2) is 0 Å². The molecule has 3 rings (SSSR count). The van der Waals surface area contributed by atoms with Crippen molar-refractivity contribution in [2.24, 2.45) is 5.92 Å². The van der Waals surface area contributed by atoms with E-state index in [1.54, 1.807) is 11.3 Å². The van der Waals surface area contributed by atoms with Crippen LogP contribution in [0.25, 0.3) is 10.2 Å². The van der Waals surface area contributed by atoms with Gasteiger partial charge in [0, 0.05) is 11.4 Å². The molecule has 1 N–H and O–H groups in total. The lowest BCUT2D eigenvalue weighted by molar-refractivity contribution is 0.515. The number of nitrogens with zero attached hydrogens (tertiary/aromatic N) is 2. The number of aromatic nitrogens is 2. The summed E-state index contributed by atoms with van der Waals surface area (Å²) in [5.74, 6) is 4.22. The predicted octanol–water partition coefficient (Wildman–Crippen LogP) is 4.46. The molecule has 0 unspecified atom stereocenters. The maximum atomic E-state index is 6.04. The van der Waals surface area contributed by atoms with Crippen LogP contribution in [0.2, 0.25) is 5.28 Å². The zero-order valence-electron chi connectivity index (χ0n) is 11.5. The molecule has 2 aromatic rings. The number of halogens is 1. The second kappa shape index (κ2) is 6.50.